The van der Waals surface area contributed by atoms with E-state index in [1.807, 2.05) is 24.3 Å². The molecule has 1 amide bonds. The molecule has 2 aromatic rings. The van der Waals surface area contributed by atoms with Gasteiger partial charge in [-0.15, -0.1) is 0 Å². The van der Waals surface area contributed by atoms with E-state index in [-0.39, 0.29) is 5.91 Å². The summed E-state index contributed by atoms with van der Waals surface area (Å²) in [5, 5.41) is 0. The van der Waals surface area contributed by atoms with E-state index in [0.717, 1.165) is 31.7 Å². The number of amides is 1. The highest BCUT2D eigenvalue weighted by molar-refractivity contribution is 5.92. The van der Waals surface area contributed by atoms with E-state index in [0.29, 0.717) is 11.6 Å². The number of carbonyl (C=O) groups excluding carboxylic acids is 1. The highest BCUT2D eigenvalue weighted by atomic mass is 16.5. The van der Waals surface area contributed by atoms with Crippen LogP contribution in [-0.4, -0.2) is 31.0 Å². The number of benzene rings is 2. The highest BCUT2D eigenvalue weighted by Gasteiger charge is 2.34. The zero-order valence-electron chi connectivity index (χ0n) is 13.4. The zero-order valence-corrected chi connectivity index (χ0v) is 13.4. The number of hydrogen-bond donors (Lipinski definition) is 1. The van der Waals surface area contributed by atoms with E-state index in [9.17, 15) is 4.79 Å². The van der Waals surface area contributed by atoms with Crippen molar-refractivity contribution in [3.8, 4) is 5.75 Å². The van der Waals surface area contributed by atoms with Crippen molar-refractivity contribution in [1.82, 2.24) is 4.90 Å². The van der Waals surface area contributed by atoms with Crippen LogP contribution < -0.4 is 10.5 Å². The molecular formula is C19H22N2O2. The van der Waals surface area contributed by atoms with Crippen LogP contribution in [0.1, 0.15) is 33.9 Å². The van der Waals surface area contributed by atoms with Crippen molar-refractivity contribution in [2.75, 3.05) is 20.2 Å². The molecule has 1 aliphatic rings. The average molecular weight is 310 g/mol. The van der Waals surface area contributed by atoms with Gasteiger partial charge in [-0.3, -0.25) is 9.69 Å². The summed E-state index contributed by atoms with van der Waals surface area (Å²) in [4.78, 5) is 13.5. The normalized spacial score (nSPS) is 19.3. The molecule has 0 aromatic heterocycles. The van der Waals surface area contributed by atoms with Gasteiger partial charge in [0.15, 0.2) is 0 Å². The molecule has 2 N–H and O–H groups in total. The molecule has 2 unspecified atom stereocenters. The van der Waals surface area contributed by atoms with E-state index >= 15 is 0 Å². The number of nitrogens with zero attached hydrogens (tertiary/aromatic N) is 1. The number of rotatable bonds is 7. The maximum Gasteiger partial charge on any atom is 0.248 e. The number of methoxy groups -OCH3 is 1. The summed E-state index contributed by atoms with van der Waals surface area (Å²) in [7, 11) is 1.70. The number of carbonyl (C=O) groups is 1. The topological polar surface area (TPSA) is 55.3 Å². The highest BCUT2D eigenvalue weighted by Crippen LogP contribution is 2.36. The molecule has 3 rings (SSSR count). The lowest BCUT2D eigenvalue weighted by Crippen LogP contribution is -2.10. The van der Waals surface area contributed by atoms with Crippen LogP contribution in [0.15, 0.2) is 48.5 Å². The van der Waals surface area contributed by atoms with E-state index < -0.39 is 0 Å². The molecule has 0 radical (unpaired) electrons. The summed E-state index contributed by atoms with van der Waals surface area (Å²) < 4.78 is 5.28. The molecule has 1 heterocycles. The lowest BCUT2D eigenvalue weighted by molar-refractivity contribution is 0.100. The fraction of sp³-hybridized carbons (Fsp3) is 0.316. The van der Waals surface area contributed by atoms with Crippen LogP contribution in [0.5, 0.6) is 5.75 Å². The van der Waals surface area contributed by atoms with Crippen LogP contribution in [0, 0.1) is 0 Å². The third-order valence-electron chi connectivity index (χ3n) is 4.34. The first-order valence-corrected chi connectivity index (χ1v) is 7.94. The van der Waals surface area contributed by atoms with Gasteiger partial charge in [0, 0.05) is 18.2 Å². The standard InChI is InChI=1S/C19H22N2O2/c1-23-17-6-2-5-16(12-17)18-13-21(18)11-3-4-14-7-9-15(10-8-14)19(20)22/h2,5-10,12,18H,3-4,11,13H2,1H3,(H2,20,22). The molecule has 4 nitrogen and oxygen atoms in total. The molecule has 1 saturated heterocycles. The molecule has 0 saturated carbocycles. The van der Waals surface area contributed by atoms with Gasteiger partial charge in [0.25, 0.3) is 0 Å². The molecule has 0 aliphatic carbocycles. The summed E-state index contributed by atoms with van der Waals surface area (Å²) in [6, 6.07) is 16.4. The number of nitrogens with two attached hydrogens (primary N) is 1. The van der Waals surface area contributed by atoms with Crippen molar-refractivity contribution in [1.29, 1.82) is 0 Å². The number of hydrogen-bond acceptors (Lipinski definition) is 3. The SMILES string of the molecule is COc1cccc(C2CN2CCCc2ccc(C(N)=O)cc2)c1. The van der Waals surface area contributed by atoms with E-state index in [2.05, 4.69) is 17.0 Å². The van der Waals surface area contributed by atoms with Crippen LogP contribution in [0.3, 0.4) is 0 Å². The van der Waals surface area contributed by atoms with Gasteiger partial charge in [0.2, 0.25) is 5.91 Å². The fourth-order valence-electron chi connectivity index (χ4n) is 2.91. The number of primary amides is 1. The van der Waals surface area contributed by atoms with Gasteiger partial charge in [0.1, 0.15) is 5.75 Å². The molecular weight excluding hydrogens is 288 g/mol. The molecule has 2 atom stereocenters. The molecule has 1 fully saturated rings. The predicted molar refractivity (Wildman–Crippen MR) is 90.6 cm³/mol. The second-order valence-electron chi connectivity index (χ2n) is 5.95. The smallest absolute Gasteiger partial charge is 0.248 e. The van der Waals surface area contributed by atoms with Crippen molar-refractivity contribution in [2.45, 2.75) is 18.9 Å². The van der Waals surface area contributed by atoms with Gasteiger partial charge in [-0.2, -0.15) is 0 Å². The van der Waals surface area contributed by atoms with E-state index in [4.69, 9.17) is 10.5 Å². The Morgan fingerprint density at radius 3 is 2.74 bits per heavy atom. The van der Waals surface area contributed by atoms with Crippen LogP contribution in [-0.2, 0) is 6.42 Å². The molecule has 1 aliphatic heterocycles. The molecule has 0 bridgehead atoms. The van der Waals surface area contributed by atoms with Crippen molar-refractivity contribution in [3.63, 3.8) is 0 Å². The quantitative estimate of drug-likeness (QED) is 0.800. The largest absolute Gasteiger partial charge is 0.497 e. The van der Waals surface area contributed by atoms with Gasteiger partial charge in [-0.1, -0.05) is 24.3 Å². The predicted octanol–water partition coefficient (Wildman–Crippen LogP) is 2.78. The minimum absolute atomic E-state index is 0.373. The number of aryl methyl sites for hydroxylation is 1. The monoisotopic (exact) mass is 310 g/mol. The van der Waals surface area contributed by atoms with Crippen LogP contribution in [0.2, 0.25) is 0 Å². The van der Waals surface area contributed by atoms with Crippen LogP contribution >= 0.6 is 0 Å². The van der Waals surface area contributed by atoms with Crippen molar-refractivity contribution < 1.29 is 9.53 Å². The molecule has 23 heavy (non-hydrogen) atoms. The zero-order chi connectivity index (χ0) is 16.2. The minimum atomic E-state index is -0.373. The van der Waals surface area contributed by atoms with Gasteiger partial charge < -0.3 is 10.5 Å². The van der Waals surface area contributed by atoms with Gasteiger partial charge in [0.05, 0.1) is 7.11 Å². The van der Waals surface area contributed by atoms with Crippen LogP contribution in [0.25, 0.3) is 0 Å². The first kappa shape index (κ1) is 15.6. The first-order chi connectivity index (χ1) is 11.2. The summed E-state index contributed by atoms with van der Waals surface area (Å²) in [6.45, 7) is 2.20. The Hall–Kier alpha value is -2.33. The van der Waals surface area contributed by atoms with Gasteiger partial charge in [-0.05, 0) is 54.8 Å². The Kier molecular flexibility index (Phi) is 4.63. The summed E-state index contributed by atoms with van der Waals surface area (Å²) in [5.41, 5.74) is 8.39. The van der Waals surface area contributed by atoms with Crippen LogP contribution in [0.4, 0.5) is 0 Å². The second kappa shape index (κ2) is 6.84. The van der Waals surface area contributed by atoms with Crippen molar-refractivity contribution >= 4 is 5.91 Å². The van der Waals surface area contributed by atoms with E-state index in [1.54, 1.807) is 19.2 Å². The Morgan fingerprint density at radius 2 is 2.04 bits per heavy atom. The Labute approximate surface area is 136 Å². The Bertz CT molecular complexity index is 682. The fourth-order valence-corrected chi connectivity index (χ4v) is 2.91. The molecule has 120 valence electrons. The van der Waals surface area contributed by atoms with Crippen molar-refractivity contribution in [2.24, 2.45) is 5.73 Å². The third-order valence-corrected chi connectivity index (χ3v) is 4.34. The summed E-state index contributed by atoms with van der Waals surface area (Å²) >= 11 is 0. The van der Waals surface area contributed by atoms with Gasteiger partial charge in [-0.25, -0.2) is 0 Å². The first-order valence-electron chi connectivity index (χ1n) is 7.94. The maximum absolute atomic E-state index is 11.0. The third kappa shape index (κ3) is 3.90. The van der Waals surface area contributed by atoms with E-state index in [1.165, 1.54) is 11.1 Å². The number of ether oxygens (including phenoxy) is 1. The molecule has 0 spiro atoms. The minimum Gasteiger partial charge on any atom is -0.497 e. The maximum atomic E-state index is 11.0. The molecule has 4 heteroatoms. The lowest BCUT2D eigenvalue weighted by atomic mass is 10.1. The Balaban J connectivity index is 1.46. The summed E-state index contributed by atoms with van der Waals surface area (Å²) in [5.74, 6) is 0.547. The summed E-state index contributed by atoms with van der Waals surface area (Å²) in [6.07, 6.45) is 2.12. The average Bonchev–Trinajstić information content (AvgIpc) is 3.35. The Morgan fingerprint density at radius 1 is 1.26 bits per heavy atom. The second-order valence-corrected chi connectivity index (χ2v) is 5.95. The van der Waals surface area contributed by atoms with Crippen molar-refractivity contribution in [3.05, 3.63) is 65.2 Å². The van der Waals surface area contributed by atoms with Gasteiger partial charge >= 0.3 is 0 Å². The molecule has 2 aromatic carbocycles. The lowest BCUT2D eigenvalue weighted by Gasteiger charge is -2.06.